The van der Waals surface area contributed by atoms with E-state index in [-0.39, 0.29) is 38.9 Å². The van der Waals surface area contributed by atoms with Crippen molar-refractivity contribution in [1.82, 2.24) is 20.0 Å². The van der Waals surface area contributed by atoms with Crippen LogP contribution in [0, 0.1) is 23.6 Å². The summed E-state index contributed by atoms with van der Waals surface area (Å²) >= 11 is 0. The van der Waals surface area contributed by atoms with Crippen LogP contribution in [0.1, 0.15) is 83.7 Å². The molecule has 43 heavy (non-hydrogen) atoms. The average Bonchev–Trinajstić information content (AvgIpc) is 3.87. The topological polar surface area (TPSA) is 96.3 Å². The Kier molecular flexibility index (Phi) is 10.4. The molecule has 8 nitrogen and oxygen atoms in total. The number of amides is 3. The first-order valence-corrected chi connectivity index (χ1v) is 14.7. The zero-order chi connectivity index (χ0) is 31.4. The average molecular weight is 616 g/mol. The molecule has 3 fully saturated rings. The maximum absolute atomic E-state index is 15.2. The molecule has 2 saturated carbocycles. The van der Waals surface area contributed by atoms with Crippen LogP contribution >= 0.6 is 0 Å². The van der Waals surface area contributed by atoms with Crippen LogP contribution < -0.4 is 10.6 Å². The molecule has 0 radical (unpaired) electrons. The third-order valence-corrected chi connectivity index (χ3v) is 8.24. The van der Waals surface area contributed by atoms with Crippen molar-refractivity contribution < 1.29 is 39.2 Å². The van der Waals surface area contributed by atoms with E-state index < -0.39 is 36.5 Å². The van der Waals surface area contributed by atoms with E-state index in [1.54, 1.807) is 29.9 Å². The molecule has 2 aromatic rings. The van der Waals surface area contributed by atoms with Gasteiger partial charge in [0.15, 0.2) is 0 Å². The zero-order valence-corrected chi connectivity index (χ0v) is 24.4. The van der Waals surface area contributed by atoms with Gasteiger partial charge in [0.05, 0.1) is 18.2 Å². The zero-order valence-electron chi connectivity index (χ0n) is 24.4. The van der Waals surface area contributed by atoms with Crippen LogP contribution in [0.2, 0.25) is 0 Å². The monoisotopic (exact) mass is 615 g/mol. The smallest absolute Gasteiger partial charge is 0.339 e. The van der Waals surface area contributed by atoms with Crippen LogP contribution in [0.15, 0.2) is 30.5 Å². The van der Waals surface area contributed by atoms with E-state index in [0.29, 0.717) is 36.1 Å². The molecule has 1 aromatic heterocycles. The second-order valence-electron chi connectivity index (χ2n) is 11.8. The molecule has 1 saturated heterocycles. The van der Waals surface area contributed by atoms with Crippen LogP contribution in [0.25, 0.3) is 0 Å². The Labute approximate surface area is 250 Å². The molecule has 1 aliphatic heterocycles. The van der Waals surface area contributed by atoms with E-state index in [1.165, 1.54) is 17.0 Å². The molecule has 1 aromatic carbocycles. The molecule has 2 heterocycles. The summed E-state index contributed by atoms with van der Waals surface area (Å²) in [6.45, 7) is 2.28. The Balaban J connectivity index is 0.00000111. The second kappa shape index (κ2) is 13.9. The van der Waals surface area contributed by atoms with Crippen molar-refractivity contribution in [2.24, 2.45) is 17.8 Å². The summed E-state index contributed by atoms with van der Waals surface area (Å²) in [7, 11) is 0. The fraction of sp³-hybridized carbons (Fsp3) is 0.600. The van der Waals surface area contributed by atoms with Crippen molar-refractivity contribution in [1.29, 1.82) is 0 Å². The van der Waals surface area contributed by atoms with Crippen molar-refractivity contribution in [2.75, 3.05) is 18.4 Å². The second-order valence-corrected chi connectivity index (χ2v) is 11.8. The van der Waals surface area contributed by atoms with Crippen LogP contribution in [0.5, 0.6) is 0 Å². The number of halogens is 5. The minimum atomic E-state index is -3.67. The molecule has 3 atom stereocenters. The molecule has 0 bridgehead atoms. The Bertz CT molecular complexity index is 1290. The van der Waals surface area contributed by atoms with Gasteiger partial charge in [0.1, 0.15) is 23.7 Å². The number of rotatable bonds is 10. The summed E-state index contributed by atoms with van der Waals surface area (Å²) in [4.78, 5) is 41.1. The number of carbonyl (C=O) groups excluding carboxylic acids is 3. The summed E-state index contributed by atoms with van der Waals surface area (Å²) in [5.41, 5.74) is 0.822. The number of benzene rings is 1. The molecule has 5 rings (SSSR count). The minimum absolute atomic E-state index is 0. The van der Waals surface area contributed by atoms with Crippen molar-refractivity contribution in [2.45, 2.75) is 83.7 Å². The predicted octanol–water partition coefficient (Wildman–Crippen LogP) is 6.12. The number of anilines is 1. The lowest BCUT2D eigenvalue weighted by Gasteiger charge is -2.28. The normalized spacial score (nSPS) is 19.7. The minimum Gasteiger partial charge on any atom is -0.339 e. The summed E-state index contributed by atoms with van der Waals surface area (Å²) in [6.07, 6.45) is 4.91. The number of nitrogens with one attached hydrogen (secondary N) is 2. The molecule has 2 aliphatic carbocycles. The van der Waals surface area contributed by atoms with Crippen LogP contribution in [-0.2, 0) is 9.59 Å². The highest BCUT2D eigenvalue weighted by molar-refractivity contribution is 6.01. The van der Waals surface area contributed by atoms with Gasteiger partial charge in [0, 0.05) is 21.6 Å². The number of hydrogen-bond acceptors (Lipinski definition) is 4. The van der Waals surface area contributed by atoms with Gasteiger partial charge >= 0.3 is 6.68 Å². The Morgan fingerprint density at radius 3 is 2.14 bits per heavy atom. The van der Waals surface area contributed by atoms with Gasteiger partial charge in [-0.25, -0.2) is 8.78 Å². The van der Waals surface area contributed by atoms with Crippen LogP contribution in [0.4, 0.5) is 27.6 Å². The summed E-state index contributed by atoms with van der Waals surface area (Å²) in [5, 5.41) is 9.90. The highest BCUT2D eigenvalue weighted by atomic mass is 19.4. The number of alkyl halides is 4. The number of nitrogens with zero attached hydrogens (tertiary/aromatic N) is 3. The third kappa shape index (κ3) is 8.32. The molecule has 240 valence electrons. The lowest BCUT2D eigenvalue weighted by molar-refractivity contribution is -0.131. The first-order valence-electron chi connectivity index (χ1n) is 14.7. The molecular formula is C30H42F5N5O3. The molecule has 13 heteroatoms. The molecule has 1 unspecified atom stereocenters. The van der Waals surface area contributed by atoms with Crippen molar-refractivity contribution in [3.05, 3.63) is 47.5 Å². The summed E-state index contributed by atoms with van der Waals surface area (Å²) in [6, 6.07) is 5.10. The first kappa shape index (κ1) is 32.4. The van der Waals surface area contributed by atoms with Crippen molar-refractivity contribution >= 4 is 23.4 Å². The predicted molar refractivity (Wildman–Crippen MR) is 154 cm³/mol. The van der Waals surface area contributed by atoms with E-state index in [9.17, 15) is 31.9 Å². The van der Waals surface area contributed by atoms with Gasteiger partial charge in [-0.15, -0.1) is 0 Å². The van der Waals surface area contributed by atoms with Crippen LogP contribution in [-0.4, -0.2) is 64.4 Å². The summed E-state index contributed by atoms with van der Waals surface area (Å²) in [5.74, 6) is -1.67. The molecule has 3 amide bonds. The lowest BCUT2D eigenvalue weighted by atomic mass is 9.88. The van der Waals surface area contributed by atoms with Crippen molar-refractivity contribution in [3.8, 4) is 0 Å². The van der Waals surface area contributed by atoms with E-state index in [1.807, 2.05) is 13.8 Å². The van der Waals surface area contributed by atoms with Gasteiger partial charge in [0.2, 0.25) is 11.8 Å². The number of likely N-dealkylation sites (tertiary alicyclic amines) is 1. The van der Waals surface area contributed by atoms with E-state index >= 15 is 4.39 Å². The maximum Gasteiger partial charge on any atom is 0.379 e. The SMILES string of the molecule is CC(C(=O)N1CC[C@H](F)C1)c1ccc(NC(=O)[C@@H](NC(=O)c2ccnn2C(C)C)C(C2CC2)C2CC2)c(F)c1.FC(F)F.[HH].[HH]. The maximum atomic E-state index is 15.2. The Hall–Kier alpha value is -3.51. The fourth-order valence-corrected chi connectivity index (χ4v) is 5.80. The molecule has 2 N–H and O–H groups in total. The largest absolute Gasteiger partial charge is 0.379 e. The van der Waals surface area contributed by atoms with Gasteiger partial charge in [-0.2, -0.15) is 18.3 Å². The first-order chi connectivity index (χ1) is 20.4. The van der Waals surface area contributed by atoms with Gasteiger partial charge in [-0.05, 0) is 94.4 Å². The van der Waals surface area contributed by atoms with E-state index in [2.05, 4.69) is 15.7 Å². The van der Waals surface area contributed by atoms with E-state index in [0.717, 1.165) is 25.7 Å². The highest BCUT2D eigenvalue weighted by Gasteiger charge is 2.48. The summed E-state index contributed by atoms with van der Waals surface area (Å²) < 4.78 is 59.4. The fourth-order valence-electron chi connectivity index (χ4n) is 5.80. The van der Waals surface area contributed by atoms with Crippen molar-refractivity contribution in [3.63, 3.8) is 0 Å². The van der Waals surface area contributed by atoms with Gasteiger partial charge in [0.25, 0.3) is 5.91 Å². The Morgan fingerprint density at radius 1 is 1.00 bits per heavy atom. The Morgan fingerprint density at radius 2 is 1.63 bits per heavy atom. The molecule has 0 spiro atoms. The van der Waals surface area contributed by atoms with Gasteiger partial charge < -0.3 is 15.5 Å². The van der Waals surface area contributed by atoms with E-state index in [4.69, 9.17) is 0 Å². The quantitative estimate of drug-likeness (QED) is 0.315. The third-order valence-electron chi connectivity index (χ3n) is 8.24. The lowest BCUT2D eigenvalue weighted by Crippen LogP contribution is -2.50. The highest BCUT2D eigenvalue weighted by Crippen LogP contribution is 2.51. The molecule has 3 aliphatic rings. The van der Waals surface area contributed by atoms with Gasteiger partial charge in [-0.3, -0.25) is 19.1 Å². The van der Waals surface area contributed by atoms with Crippen LogP contribution in [0.3, 0.4) is 0 Å². The number of carbonyl (C=O) groups is 3. The molecular weight excluding hydrogens is 573 g/mol. The standard InChI is InChI=1S/C29H37F2N5O3.CHF3.2H2/c1-16(2)36-24(10-12-32-36)27(37)34-26(25(18-4-5-18)19-6-7-19)28(38)33-23-9-8-20(14-22(23)31)17(3)29(39)35-13-11-21(30)15-35;2-1(3)4;;/h8-10,12,14,16-19,21,25-26H,4-7,11,13,15H2,1-3H3,(H,33,38)(H,34,37);1H;2*1H/t17?,21-,26-;;;/m0.../s1. The number of aromatic nitrogens is 2. The number of hydrogen-bond donors (Lipinski definition) is 2. The van der Waals surface area contributed by atoms with Gasteiger partial charge in [-0.1, -0.05) is 6.07 Å².